The van der Waals surface area contributed by atoms with Gasteiger partial charge in [0.15, 0.2) is 11.5 Å². The van der Waals surface area contributed by atoms with E-state index < -0.39 is 0 Å². The molecule has 1 heterocycles. The van der Waals surface area contributed by atoms with Crippen LogP contribution in [-0.2, 0) is 0 Å². The Morgan fingerprint density at radius 1 is 1.39 bits per heavy atom. The predicted octanol–water partition coefficient (Wildman–Crippen LogP) is 1.49. The highest BCUT2D eigenvalue weighted by Gasteiger charge is 2.27. The van der Waals surface area contributed by atoms with Crippen LogP contribution in [0.25, 0.3) is 0 Å². The molecule has 0 aliphatic carbocycles. The van der Waals surface area contributed by atoms with E-state index in [1.165, 1.54) is 0 Å². The van der Waals surface area contributed by atoms with E-state index in [1.54, 1.807) is 19.1 Å². The first kappa shape index (κ1) is 12.5. The second kappa shape index (κ2) is 5.62. The molecule has 18 heavy (non-hydrogen) atoms. The molecule has 0 spiro atoms. The van der Waals surface area contributed by atoms with Gasteiger partial charge in [-0.2, -0.15) is 0 Å². The Labute approximate surface area is 107 Å². The molecule has 0 saturated carbocycles. The van der Waals surface area contributed by atoms with Crippen molar-refractivity contribution >= 4 is 6.03 Å². The fraction of sp³-hybridized carbons (Fsp3) is 0.462. The van der Waals surface area contributed by atoms with E-state index in [4.69, 9.17) is 9.47 Å². The van der Waals surface area contributed by atoms with Crippen molar-refractivity contribution in [1.29, 1.82) is 0 Å². The summed E-state index contributed by atoms with van der Waals surface area (Å²) >= 11 is 0. The third kappa shape index (κ3) is 2.67. The molecule has 1 aliphatic heterocycles. The van der Waals surface area contributed by atoms with Crippen molar-refractivity contribution in [2.75, 3.05) is 27.2 Å². The number of nitrogens with zero attached hydrogens (tertiary/aromatic N) is 1. The summed E-state index contributed by atoms with van der Waals surface area (Å²) in [5.41, 5.74) is 0. The summed E-state index contributed by atoms with van der Waals surface area (Å²) in [4.78, 5) is 13.2. The summed E-state index contributed by atoms with van der Waals surface area (Å²) in [5.74, 6) is 1.44. The molecule has 0 bridgehead atoms. The highest BCUT2D eigenvalue weighted by atomic mass is 16.5. The molecule has 1 atom stereocenters. The summed E-state index contributed by atoms with van der Waals surface area (Å²) < 4.78 is 11.1. The van der Waals surface area contributed by atoms with Gasteiger partial charge in [0.25, 0.3) is 0 Å². The van der Waals surface area contributed by atoms with Gasteiger partial charge in [-0.15, -0.1) is 0 Å². The molecule has 0 radical (unpaired) electrons. The SMILES string of the molecule is CNC(=O)N1CC[C@@H](Oc2ccccc2OC)C1. The number of carbonyl (C=O) groups excluding carboxylic acids is 1. The Balaban J connectivity index is 1.97. The lowest BCUT2D eigenvalue weighted by Gasteiger charge is -2.17. The fourth-order valence-electron chi connectivity index (χ4n) is 2.06. The topological polar surface area (TPSA) is 50.8 Å². The predicted molar refractivity (Wildman–Crippen MR) is 68.1 cm³/mol. The standard InChI is InChI=1S/C13H18N2O3/c1-14-13(16)15-8-7-10(9-15)18-12-6-4-3-5-11(12)17-2/h3-6,10H,7-9H2,1-2H3,(H,14,16)/t10-/m1/s1. The summed E-state index contributed by atoms with van der Waals surface area (Å²) in [6, 6.07) is 7.49. The Morgan fingerprint density at radius 3 is 2.78 bits per heavy atom. The monoisotopic (exact) mass is 250 g/mol. The molecule has 98 valence electrons. The van der Waals surface area contributed by atoms with Gasteiger partial charge in [-0.25, -0.2) is 4.79 Å². The van der Waals surface area contributed by atoms with Gasteiger partial charge in [0.2, 0.25) is 0 Å². The molecule has 0 aromatic heterocycles. The minimum atomic E-state index is -0.0545. The summed E-state index contributed by atoms with van der Waals surface area (Å²) in [7, 11) is 3.25. The number of carbonyl (C=O) groups is 1. The van der Waals surface area contributed by atoms with Crippen molar-refractivity contribution in [3.63, 3.8) is 0 Å². The second-order valence-electron chi connectivity index (χ2n) is 4.18. The van der Waals surface area contributed by atoms with Gasteiger partial charge in [0.05, 0.1) is 13.7 Å². The van der Waals surface area contributed by atoms with Crippen LogP contribution in [0, 0.1) is 0 Å². The quantitative estimate of drug-likeness (QED) is 0.884. The zero-order chi connectivity index (χ0) is 13.0. The normalized spacial score (nSPS) is 18.6. The molecule has 0 unspecified atom stereocenters. The second-order valence-corrected chi connectivity index (χ2v) is 4.18. The molecule has 2 rings (SSSR count). The largest absolute Gasteiger partial charge is 0.493 e. The maximum Gasteiger partial charge on any atom is 0.317 e. The minimum Gasteiger partial charge on any atom is -0.493 e. The smallest absolute Gasteiger partial charge is 0.317 e. The lowest BCUT2D eigenvalue weighted by atomic mass is 10.3. The van der Waals surface area contributed by atoms with Gasteiger partial charge in [-0.3, -0.25) is 0 Å². The first-order chi connectivity index (χ1) is 8.74. The van der Waals surface area contributed by atoms with Crippen LogP contribution in [0.4, 0.5) is 4.79 Å². The van der Waals surface area contributed by atoms with Gasteiger partial charge < -0.3 is 19.7 Å². The Morgan fingerprint density at radius 2 is 2.11 bits per heavy atom. The van der Waals surface area contributed by atoms with Crippen molar-refractivity contribution in [1.82, 2.24) is 10.2 Å². The molecular weight excluding hydrogens is 232 g/mol. The van der Waals surface area contributed by atoms with Crippen LogP contribution in [0.2, 0.25) is 0 Å². The van der Waals surface area contributed by atoms with E-state index in [0.29, 0.717) is 6.54 Å². The Bertz CT molecular complexity index is 422. The summed E-state index contributed by atoms with van der Waals surface area (Å²) in [6.07, 6.45) is 0.865. The van der Waals surface area contributed by atoms with Crippen LogP contribution in [0.5, 0.6) is 11.5 Å². The fourth-order valence-corrected chi connectivity index (χ4v) is 2.06. The lowest BCUT2D eigenvalue weighted by Crippen LogP contribution is -2.37. The van der Waals surface area contributed by atoms with Crippen molar-refractivity contribution in [2.24, 2.45) is 0 Å². The van der Waals surface area contributed by atoms with E-state index in [-0.39, 0.29) is 12.1 Å². The number of ether oxygens (including phenoxy) is 2. The van der Waals surface area contributed by atoms with Crippen molar-refractivity contribution in [3.8, 4) is 11.5 Å². The van der Waals surface area contributed by atoms with Crippen LogP contribution >= 0.6 is 0 Å². The molecule has 5 heteroatoms. The number of nitrogens with one attached hydrogen (secondary N) is 1. The van der Waals surface area contributed by atoms with E-state index in [1.807, 2.05) is 24.3 Å². The van der Waals surface area contributed by atoms with Gasteiger partial charge in [0, 0.05) is 20.0 Å². The number of likely N-dealkylation sites (tertiary alicyclic amines) is 1. The van der Waals surface area contributed by atoms with Crippen LogP contribution in [-0.4, -0.2) is 44.3 Å². The molecule has 1 aliphatic rings. The van der Waals surface area contributed by atoms with Gasteiger partial charge in [-0.1, -0.05) is 12.1 Å². The van der Waals surface area contributed by atoms with Crippen LogP contribution in [0.15, 0.2) is 24.3 Å². The maximum absolute atomic E-state index is 11.5. The number of hydrogen-bond acceptors (Lipinski definition) is 3. The molecule has 1 aromatic carbocycles. The van der Waals surface area contributed by atoms with Gasteiger partial charge in [0.1, 0.15) is 6.10 Å². The highest BCUT2D eigenvalue weighted by molar-refractivity contribution is 5.74. The first-order valence-electron chi connectivity index (χ1n) is 6.01. The zero-order valence-corrected chi connectivity index (χ0v) is 10.7. The number of amides is 2. The summed E-state index contributed by atoms with van der Waals surface area (Å²) in [6.45, 7) is 1.33. The van der Waals surface area contributed by atoms with Gasteiger partial charge >= 0.3 is 6.03 Å². The van der Waals surface area contributed by atoms with Crippen molar-refractivity contribution < 1.29 is 14.3 Å². The number of rotatable bonds is 3. The third-order valence-electron chi connectivity index (χ3n) is 3.01. The molecule has 1 fully saturated rings. The zero-order valence-electron chi connectivity index (χ0n) is 10.7. The molecular formula is C13H18N2O3. The highest BCUT2D eigenvalue weighted by Crippen LogP contribution is 2.28. The molecule has 1 aromatic rings. The van der Waals surface area contributed by atoms with Crippen LogP contribution in [0.3, 0.4) is 0 Å². The lowest BCUT2D eigenvalue weighted by molar-refractivity contribution is 0.184. The molecule has 5 nitrogen and oxygen atoms in total. The van der Waals surface area contributed by atoms with Crippen molar-refractivity contribution in [3.05, 3.63) is 24.3 Å². The van der Waals surface area contributed by atoms with Crippen molar-refractivity contribution in [2.45, 2.75) is 12.5 Å². The molecule has 1 saturated heterocycles. The number of para-hydroxylation sites is 2. The van der Waals surface area contributed by atoms with Crippen LogP contribution < -0.4 is 14.8 Å². The van der Waals surface area contributed by atoms with Crippen LogP contribution in [0.1, 0.15) is 6.42 Å². The van der Waals surface area contributed by atoms with Gasteiger partial charge in [-0.05, 0) is 12.1 Å². The number of hydrogen-bond donors (Lipinski definition) is 1. The molecule has 2 amide bonds. The number of urea groups is 1. The van der Waals surface area contributed by atoms with E-state index in [9.17, 15) is 4.79 Å². The Hall–Kier alpha value is -1.91. The number of methoxy groups -OCH3 is 1. The van der Waals surface area contributed by atoms with E-state index in [2.05, 4.69) is 5.32 Å². The average Bonchev–Trinajstić information content (AvgIpc) is 2.87. The summed E-state index contributed by atoms with van der Waals surface area (Å²) in [5, 5.41) is 2.62. The van der Waals surface area contributed by atoms with E-state index in [0.717, 1.165) is 24.5 Å². The average molecular weight is 250 g/mol. The Kier molecular flexibility index (Phi) is 3.92. The molecule has 1 N–H and O–H groups in total. The maximum atomic E-state index is 11.5. The third-order valence-corrected chi connectivity index (χ3v) is 3.01. The minimum absolute atomic E-state index is 0.0265. The van der Waals surface area contributed by atoms with E-state index >= 15 is 0 Å². The first-order valence-corrected chi connectivity index (χ1v) is 6.01. The number of benzene rings is 1.